The minimum absolute atomic E-state index is 0.119. The van der Waals surface area contributed by atoms with Gasteiger partial charge in [0.2, 0.25) is 0 Å². The molecule has 0 aliphatic heterocycles. The molecule has 2 aromatic carbocycles. The molecule has 7 heteroatoms. The number of benzene rings is 2. The normalized spacial score (nSPS) is 11.3. The molecule has 27 heavy (non-hydrogen) atoms. The van der Waals surface area contributed by atoms with Crippen molar-refractivity contribution in [3.63, 3.8) is 0 Å². The van der Waals surface area contributed by atoms with Crippen LogP contribution in [-0.2, 0) is 0 Å². The zero-order chi connectivity index (χ0) is 19.6. The fourth-order valence-electron chi connectivity index (χ4n) is 2.38. The van der Waals surface area contributed by atoms with Gasteiger partial charge in [0.1, 0.15) is 15.0 Å². The van der Waals surface area contributed by atoms with Gasteiger partial charge in [0, 0.05) is 26.7 Å². The van der Waals surface area contributed by atoms with E-state index in [-0.39, 0.29) is 5.54 Å². The first-order valence-electron chi connectivity index (χ1n) is 8.33. The van der Waals surface area contributed by atoms with E-state index in [9.17, 15) is 0 Å². The maximum Gasteiger partial charge on any atom is 0.166 e. The first-order chi connectivity index (χ1) is 12.7. The summed E-state index contributed by atoms with van der Waals surface area (Å²) in [7, 11) is 0. The Kier molecular flexibility index (Phi) is 6.06. The summed E-state index contributed by atoms with van der Waals surface area (Å²) in [5.41, 5.74) is 1.69. The van der Waals surface area contributed by atoms with E-state index in [0.717, 1.165) is 21.1 Å². The number of halogens is 2. The molecule has 0 amide bonds. The van der Waals surface area contributed by atoms with Crippen LogP contribution in [0, 0.1) is 0 Å². The molecule has 140 valence electrons. The molecule has 1 aromatic heterocycles. The molecule has 0 aliphatic rings. The van der Waals surface area contributed by atoms with E-state index < -0.39 is 0 Å². The molecule has 0 unspecified atom stereocenters. The maximum atomic E-state index is 6.14. The summed E-state index contributed by atoms with van der Waals surface area (Å²) in [5.74, 6) is 0.690. The van der Waals surface area contributed by atoms with Crippen LogP contribution < -0.4 is 10.6 Å². The summed E-state index contributed by atoms with van der Waals surface area (Å²) >= 11 is 19.3. The fourth-order valence-corrected chi connectivity index (χ4v) is 4.11. The smallest absolute Gasteiger partial charge is 0.166 e. The monoisotopic (exact) mass is 435 g/mol. The van der Waals surface area contributed by atoms with Crippen LogP contribution in [0.1, 0.15) is 26.3 Å². The third-order valence-electron chi connectivity index (χ3n) is 3.51. The Balaban J connectivity index is 1.95. The zero-order valence-electron chi connectivity index (χ0n) is 15.1. The van der Waals surface area contributed by atoms with E-state index in [1.54, 1.807) is 11.3 Å². The van der Waals surface area contributed by atoms with Gasteiger partial charge in [0.15, 0.2) is 5.82 Å². The number of thiazole rings is 1. The van der Waals surface area contributed by atoms with Crippen LogP contribution in [0.5, 0.6) is 0 Å². The lowest BCUT2D eigenvalue weighted by Gasteiger charge is -2.21. The molecule has 1 heterocycles. The van der Waals surface area contributed by atoms with Crippen LogP contribution in [0.4, 0.5) is 10.8 Å². The van der Waals surface area contributed by atoms with Crippen molar-refractivity contribution in [2.45, 2.75) is 26.3 Å². The van der Waals surface area contributed by atoms with E-state index in [1.807, 2.05) is 48.5 Å². The third-order valence-corrected chi connectivity index (χ3v) is 5.33. The number of nitrogens with zero attached hydrogens (tertiary/aromatic N) is 1. The van der Waals surface area contributed by atoms with Crippen molar-refractivity contribution in [1.29, 1.82) is 0 Å². The van der Waals surface area contributed by atoms with Gasteiger partial charge < -0.3 is 10.6 Å². The van der Waals surface area contributed by atoms with E-state index in [1.165, 1.54) is 0 Å². The summed E-state index contributed by atoms with van der Waals surface area (Å²) in [6.07, 6.45) is 0. The average molecular weight is 436 g/mol. The molecule has 3 rings (SSSR count). The molecule has 3 nitrogen and oxygen atoms in total. The second-order valence-corrected chi connectivity index (χ2v) is 9.33. The number of rotatable bonds is 4. The van der Waals surface area contributed by atoms with E-state index in [2.05, 4.69) is 31.4 Å². The summed E-state index contributed by atoms with van der Waals surface area (Å²) in [5, 5.41) is 9.85. The standard InChI is InChI=1S/C20H19Cl2N3S2/c1-20(2,3)25-19-16(23-17(26)12-6-4-8-14(21)10-12)24-18(27-19)13-7-5-9-15(22)11-13/h4-11,25H,1-3H3,(H,23,26). The maximum absolute atomic E-state index is 6.14. The van der Waals surface area contributed by atoms with Gasteiger partial charge in [-0.15, -0.1) is 0 Å². The predicted molar refractivity (Wildman–Crippen MR) is 123 cm³/mol. The highest BCUT2D eigenvalue weighted by Crippen LogP contribution is 2.38. The number of thiocarbonyl (C=S) groups is 1. The van der Waals surface area contributed by atoms with E-state index in [0.29, 0.717) is 20.9 Å². The molecular formula is C20H19Cl2N3S2. The number of anilines is 2. The fraction of sp³-hybridized carbons (Fsp3) is 0.200. The molecule has 0 spiro atoms. The zero-order valence-corrected chi connectivity index (χ0v) is 18.3. The minimum Gasteiger partial charge on any atom is -0.369 e. The van der Waals surface area contributed by atoms with Gasteiger partial charge in [-0.05, 0) is 45.0 Å². The summed E-state index contributed by atoms with van der Waals surface area (Å²) in [4.78, 5) is 5.33. The molecule has 0 fully saturated rings. The Labute approximate surface area is 178 Å². The summed E-state index contributed by atoms with van der Waals surface area (Å²) < 4.78 is 0. The number of hydrogen-bond donors (Lipinski definition) is 2. The molecule has 2 N–H and O–H groups in total. The molecular weight excluding hydrogens is 417 g/mol. The number of hydrogen-bond acceptors (Lipinski definition) is 4. The lowest BCUT2D eigenvalue weighted by Crippen LogP contribution is -2.26. The van der Waals surface area contributed by atoms with Crippen LogP contribution >= 0.6 is 46.8 Å². The second-order valence-electron chi connectivity index (χ2n) is 7.05. The van der Waals surface area contributed by atoms with Crippen molar-refractivity contribution in [3.8, 4) is 10.6 Å². The quantitative estimate of drug-likeness (QED) is 0.427. The Morgan fingerprint density at radius 3 is 2.33 bits per heavy atom. The highest BCUT2D eigenvalue weighted by molar-refractivity contribution is 7.81. The third kappa shape index (κ3) is 5.42. The van der Waals surface area contributed by atoms with Gasteiger partial charge in [-0.25, -0.2) is 4.98 Å². The lowest BCUT2D eigenvalue weighted by atomic mass is 10.1. The van der Waals surface area contributed by atoms with Crippen molar-refractivity contribution >= 4 is 62.6 Å². The van der Waals surface area contributed by atoms with Crippen molar-refractivity contribution in [3.05, 3.63) is 64.1 Å². The van der Waals surface area contributed by atoms with Gasteiger partial charge in [-0.3, -0.25) is 0 Å². The Morgan fingerprint density at radius 1 is 1.04 bits per heavy atom. The first-order valence-corrected chi connectivity index (χ1v) is 10.3. The van der Waals surface area contributed by atoms with Crippen LogP contribution in [-0.4, -0.2) is 15.5 Å². The minimum atomic E-state index is -0.119. The Hall–Kier alpha value is -1.66. The topological polar surface area (TPSA) is 37.0 Å². The van der Waals surface area contributed by atoms with Gasteiger partial charge in [-0.1, -0.05) is 71.0 Å². The van der Waals surface area contributed by atoms with Crippen molar-refractivity contribution in [2.24, 2.45) is 0 Å². The van der Waals surface area contributed by atoms with Crippen LogP contribution in [0.3, 0.4) is 0 Å². The lowest BCUT2D eigenvalue weighted by molar-refractivity contribution is 0.636. The van der Waals surface area contributed by atoms with Gasteiger partial charge in [-0.2, -0.15) is 0 Å². The predicted octanol–water partition coefficient (Wildman–Crippen LogP) is 7.11. The highest BCUT2D eigenvalue weighted by atomic mass is 35.5. The van der Waals surface area contributed by atoms with E-state index >= 15 is 0 Å². The Morgan fingerprint density at radius 2 is 1.70 bits per heavy atom. The average Bonchev–Trinajstić information content (AvgIpc) is 2.95. The van der Waals surface area contributed by atoms with Gasteiger partial charge >= 0.3 is 0 Å². The molecule has 0 radical (unpaired) electrons. The summed E-state index contributed by atoms with van der Waals surface area (Å²) in [6.45, 7) is 6.31. The SMILES string of the molecule is CC(C)(C)Nc1sc(-c2cccc(Cl)c2)nc1NC(=S)c1cccc(Cl)c1. The highest BCUT2D eigenvalue weighted by Gasteiger charge is 2.19. The van der Waals surface area contributed by atoms with Crippen LogP contribution in [0.2, 0.25) is 10.0 Å². The van der Waals surface area contributed by atoms with Crippen molar-refractivity contribution < 1.29 is 0 Å². The van der Waals surface area contributed by atoms with E-state index in [4.69, 9.17) is 40.4 Å². The second kappa shape index (κ2) is 8.15. The van der Waals surface area contributed by atoms with Crippen LogP contribution in [0.15, 0.2) is 48.5 Å². The number of nitrogens with one attached hydrogen (secondary N) is 2. The van der Waals surface area contributed by atoms with Gasteiger partial charge in [0.05, 0.1) is 0 Å². The van der Waals surface area contributed by atoms with Crippen molar-refractivity contribution in [1.82, 2.24) is 4.98 Å². The largest absolute Gasteiger partial charge is 0.369 e. The first kappa shape index (κ1) is 20.1. The molecule has 3 aromatic rings. The Bertz CT molecular complexity index is 977. The van der Waals surface area contributed by atoms with Crippen molar-refractivity contribution in [2.75, 3.05) is 10.6 Å². The molecule has 0 saturated heterocycles. The number of aromatic nitrogens is 1. The van der Waals surface area contributed by atoms with Gasteiger partial charge in [0.25, 0.3) is 0 Å². The molecule has 0 aliphatic carbocycles. The van der Waals surface area contributed by atoms with Crippen LogP contribution in [0.25, 0.3) is 10.6 Å². The summed E-state index contributed by atoms with van der Waals surface area (Å²) in [6, 6.07) is 15.1. The molecule has 0 saturated carbocycles. The molecule has 0 atom stereocenters. The molecule has 0 bridgehead atoms.